The Labute approximate surface area is 154 Å². The molecule has 136 valence electrons. The molecule has 0 saturated heterocycles. The maximum Gasteiger partial charge on any atom is 0.251 e. The molecule has 1 N–H and O–H groups in total. The van der Waals surface area contributed by atoms with Crippen LogP contribution in [0.25, 0.3) is 21.9 Å². The molecular weight excluding hydrogens is 347 g/mol. The van der Waals surface area contributed by atoms with Crippen molar-refractivity contribution in [3.63, 3.8) is 0 Å². The number of aryl methyl sites for hydroxylation is 1. The number of benzene rings is 2. The van der Waals surface area contributed by atoms with E-state index < -0.39 is 5.82 Å². The Morgan fingerprint density at radius 3 is 2.85 bits per heavy atom. The summed E-state index contributed by atoms with van der Waals surface area (Å²) < 4.78 is 24.9. The van der Waals surface area contributed by atoms with Crippen LogP contribution in [0.1, 0.15) is 21.6 Å². The van der Waals surface area contributed by atoms with Gasteiger partial charge in [-0.3, -0.25) is 9.78 Å². The normalized spacial score (nSPS) is 11.1. The number of fused-ring (bicyclic) bond motifs is 3. The number of carbonyl (C=O) groups is 1. The summed E-state index contributed by atoms with van der Waals surface area (Å²) in [4.78, 5) is 16.7. The Kier molecular flexibility index (Phi) is 4.24. The molecule has 4 rings (SSSR count). The molecule has 2 heterocycles. The van der Waals surface area contributed by atoms with Crippen LogP contribution < -0.4 is 10.1 Å². The van der Waals surface area contributed by atoms with E-state index in [1.165, 1.54) is 19.2 Å². The Morgan fingerprint density at radius 1 is 1.19 bits per heavy atom. The van der Waals surface area contributed by atoms with Gasteiger partial charge in [-0.2, -0.15) is 0 Å². The van der Waals surface area contributed by atoms with Crippen molar-refractivity contribution in [3.05, 3.63) is 71.3 Å². The van der Waals surface area contributed by atoms with Crippen LogP contribution in [-0.2, 0) is 6.54 Å². The molecule has 0 bridgehead atoms. The highest BCUT2D eigenvalue weighted by Crippen LogP contribution is 2.30. The number of hydrogen-bond acceptors (Lipinski definition) is 4. The van der Waals surface area contributed by atoms with Gasteiger partial charge >= 0.3 is 0 Å². The van der Waals surface area contributed by atoms with Gasteiger partial charge in [-0.15, -0.1) is 0 Å². The average molecular weight is 364 g/mol. The third-order valence-electron chi connectivity index (χ3n) is 4.52. The van der Waals surface area contributed by atoms with Gasteiger partial charge in [0.2, 0.25) is 0 Å². The number of carbonyl (C=O) groups excluding carboxylic acids is 1. The zero-order valence-corrected chi connectivity index (χ0v) is 14.9. The fraction of sp³-hybridized carbons (Fsp3) is 0.143. The molecule has 2 aromatic carbocycles. The number of rotatable bonds is 4. The first-order valence-electron chi connectivity index (χ1n) is 8.45. The largest absolute Gasteiger partial charge is 0.497 e. The number of hydrogen-bond donors (Lipinski definition) is 1. The predicted molar refractivity (Wildman–Crippen MR) is 100 cm³/mol. The van der Waals surface area contributed by atoms with Gasteiger partial charge in [-0.05, 0) is 49.4 Å². The van der Waals surface area contributed by atoms with Crippen LogP contribution in [0.2, 0.25) is 0 Å². The van der Waals surface area contributed by atoms with E-state index in [9.17, 15) is 9.18 Å². The molecule has 0 aliphatic rings. The van der Waals surface area contributed by atoms with Crippen LogP contribution >= 0.6 is 0 Å². The summed E-state index contributed by atoms with van der Waals surface area (Å²) in [5, 5.41) is 4.61. The van der Waals surface area contributed by atoms with Crippen molar-refractivity contribution in [1.29, 1.82) is 0 Å². The molecular formula is C21H17FN2O3. The lowest BCUT2D eigenvalue weighted by molar-refractivity contribution is 0.0950. The van der Waals surface area contributed by atoms with Crippen molar-refractivity contribution < 1.29 is 18.3 Å². The molecule has 2 aromatic heterocycles. The molecule has 0 radical (unpaired) electrons. The van der Waals surface area contributed by atoms with Gasteiger partial charge in [0.15, 0.2) is 5.58 Å². The Bertz CT molecular complexity index is 1170. The number of nitrogens with zero attached hydrogens (tertiary/aromatic N) is 1. The molecule has 0 aliphatic carbocycles. The van der Waals surface area contributed by atoms with Gasteiger partial charge in [-0.25, -0.2) is 4.39 Å². The smallest absolute Gasteiger partial charge is 0.251 e. The second-order valence-corrected chi connectivity index (χ2v) is 6.23. The summed E-state index contributed by atoms with van der Waals surface area (Å²) in [6, 6.07) is 11.6. The van der Waals surface area contributed by atoms with Crippen LogP contribution in [0.15, 0.2) is 53.1 Å². The second-order valence-electron chi connectivity index (χ2n) is 6.23. The van der Waals surface area contributed by atoms with Crippen molar-refractivity contribution in [3.8, 4) is 5.75 Å². The number of furan rings is 1. The highest BCUT2D eigenvalue weighted by Gasteiger charge is 2.13. The third kappa shape index (κ3) is 3.10. The molecule has 5 nitrogen and oxygen atoms in total. The molecule has 0 atom stereocenters. The predicted octanol–water partition coefficient (Wildman–Crippen LogP) is 4.37. The number of pyridine rings is 1. The van der Waals surface area contributed by atoms with Crippen LogP contribution in [0.5, 0.6) is 5.75 Å². The molecule has 0 spiro atoms. The monoisotopic (exact) mass is 364 g/mol. The average Bonchev–Trinajstić information content (AvgIpc) is 3.06. The summed E-state index contributed by atoms with van der Waals surface area (Å²) >= 11 is 0. The van der Waals surface area contributed by atoms with Gasteiger partial charge in [0.1, 0.15) is 17.1 Å². The Morgan fingerprint density at radius 2 is 2.04 bits per heavy atom. The van der Waals surface area contributed by atoms with Gasteiger partial charge in [-0.1, -0.05) is 0 Å². The van der Waals surface area contributed by atoms with E-state index in [4.69, 9.17) is 9.15 Å². The summed E-state index contributed by atoms with van der Waals surface area (Å²) in [7, 11) is 1.51. The maximum atomic E-state index is 13.9. The summed E-state index contributed by atoms with van der Waals surface area (Å²) in [5.41, 5.74) is 2.91. The van der Waals surface area contributed by atoms with E-state index in [0.29, 0.717) is 28.0 Å². The van der Waals surface area contributed by atoms with Crippen LogP contribution in [0, 0.1) is 12.7 Å². The molecule has 0 saturated carbocycles. The highest BCUT2D eigenvalue weighted by atomic mass is 19.1. The molecule has 1 amide bonds. The number of amides is 1. The van der Waals surface area contributed by atoms with E-state index in [1.54, 1.807) is 24.4 Å². The first-order valence-corrected chi connectivity index (χ1v) is 8.45. The van der Waals surface area contributed by atoms with Crippen molar-refractivity contribution in [2.24, 2.45) is 0 Å². The number of nitrogens with one attached hydrogen (secondary N) is 1. The molecule has 0 aliphatic heterocycles. The molecule has 0 unspecified atom stereocenters. The topological polar surface area (TPSA) is 64.4 Å². The molecule has 27 heavy (non-hydrogen) atoms. The highest BCUT2D eigenvalue weighted by molar-refractivity contribution is 6.07. The Balaban J connectivity index is 1.59. The first-order chi connectivity index (χ1) is 13.1. The molecule has 4 aromatic rings. The van der Waals surface area contributed by atoms with E-state index in [1.807, 2.05) is 19.1 Å². The van der Waals surface area contributed by atoms with E-state index in [0.717, 1.165) is 16.5 Å². The molecule has 0 fully saturated rings. The minimum Gasteiger partial charge on any atom is -0.497 e. The van der Waals surface area contributed by atoms with Gasteiger partial charge in [0.25, 0.3) is 5.91 Å². The number of ether oxygens (including phenoxy) is 1. The maximum absolute atomic E-state index is 13.9. The van der Waals surface area contributed by atoms with Crippen LogP contribution in [-0.4, -0.2) is 18.0 Å². The quantitative estimate of drug-likeness (QED) is 0.584. The van der Waals surface area contributed by atoms with Crippen LogP contribution in [0.4, 0.5) is 4.39 Å². The standard InChI is InChI=1S/C21H17FN2O3/c1-12-20-17(7-8-23-12)16-5-3-13(10-19(16)27-20)21(25)24-11-14-9-15(26-2)4-6-18(14)22/h3-10H,11H2,1-2H3,(H,24,25). The fourth-order valence-corrected chi connectivity index (χ4v) is 3.07. The molecule has 6 heteroatoms. The lowest BCUT2D eigenvalue weighted by Crippen LogP contribution is -2.23. The van der Waals surface area contributed by atoms with Crippen molar-refractivity contribution in [1.82, 2.24) is 10.3 Å². The Hall–Kier alpha value is -3.41. The van der Waals surface area contributed by atoms with E-state index in [-0.39, 0.29) is 12.5 Å². The number of aromatic nitrogens is 1. The first kappa shape index (κ1) is 17.0. The number of methoxy groups -OCH3 is 1. The SMILES string of the molecule is COc1ccc(F)c(CNC(=O)c2ccc3c(c2)oc2c(C)nccc23)c1. The van der Waals surface area contributed by atoms with Gasteiger partial charge in [0.05, 0.1) is 12.8 Å². The van der Waals surface area contributed by atoms with E-state index >= 15 is 0 Å². The van der Waals surface area contributed by atoms with Gasteiger partial charge < -0.3 is 14.5 Å². The van der Waals surface area contributed by atoms with Crippen molar-refractivity contribution >= 4 is 27.8 Å². The van der Waals surface area contributed by atoms with E-state index in [2.05, 4.69) is 10.3 Å². The fourth-order valence-electron chi connectivity index (χ4n) is 3.07. The third-order valence-corrected chi connectivity index (χ3v) is 4.52. The van der Waals surface area contributed by atoms with Crippen molar-refractivity contribution in [2.75, 3.05) is 7.11 Å². The van der Waals surface area contributed by atoms with Gasteiger partial charge in [0, 0.05) is 34.6 Å². The lowest BCUT2D eigenvalue weighted by Gasteiger charge is -2.08. The second kappa shape index (κ2) is 6.72. The summed E-state index contributed by atoms with van der Waals surface area (Å²) in [6.07, 6.45) is 1.73. The zero-order valence-electron chi connectivity index (χ0n) is 14.9. The van der Waals surface area contributed by atoms with Crippen LogP contribution in [0.3, 0.4) is 0 Å². The van der Waals surface area contributed by atoms with Crippen molar-refractivity contribution in [2.45, 2.75) is 13.5 Å². The summed E-state index contributed by atoms with van der Waals surface area (Å²) in [5.74, 6) is -0.172. The minimum atomic E-state index is -0.396. The minimum absolute atomic E-state index is 0.0586. The number of halogens is 1. The summed E-state index contributed by atoms with van der Waals surface area (Å²) in [6.45, 7) is 1.93. The zero-order chi connectivity index (χ0) is 19.0. The lowest BCUT2D eigenvalue weighted by atomic mass is 10.1.